The number of hydrogen-bond donors (Lipinski definition) is 0. The number of hydrogen-bond acceptors (Lipinski definition) is 5. The van der Waals surface area contributed by atoms with Crippen molar-refractivity contribution in [3.05, 3.63) is 48.0 Å². The highest BCUT2D eigenvalue weighted by molar-refractivity contribution is 5.73. The zero-order valence-corrected chi connectivity index (χ0v) is 22.2. The molecule has 5 atom stereocenters. The van der Waals surface area contributed by atoms with Crippen LogP contribution in [0.15, 0.2) is 42.5 Å². The minimum Gasteiger partial charge on any atom is -0.469 e. The van der Waals surface area contributed by atoms with E-state index < -0.39 is 11.3 Å². The number of ether oxygens (including phenoxy) is 3. The minimum atomic E-state index is -0.806. The van der Waals surface area contributed by atoms with Gasteiger partial charge in [0.15, 0.2) is 0 Å². The van der Waals surface area contributed by atoms with Crippen LogP contribution in [0.5, 0.6) is 0 Å². The Kier molecular flexibility index (Phi) is 9.74. The minimum absolute atomic E-state index is 0.0644. The molecule has 6 nitrogen and oxygen atoms in total. The number of esters is 1. The molecule has 190 valence electrons. The zero-order valence-electron chi connectivity index (χ0n) is 22.2. The summed E-state index contributed by atoms with van der Waals surface area (Å²) in [6.07, 6.45) is 5.92. The van der Waals surface area contributed by atoms with Gasteiger partial charge in [-0.15, -0.1) is 0 Å². The van der Waals surface area contributed by atoms with E-state index >= 15 is 0 Å². The topological polar surface area (TPSA) is 65.1 Å². The summed E-state index contributed by atoms with van der Waals surface area (Å²) in [5, 5.41) is 0. The van der Waals surface area contributed by atoms with Crippen LogP contribution in [0.25, 0.3) is 0 Å². The van der Waals surface area contributed by atoms with Gasteiger partial charge in [-0.2, -0.15) is 0 Å². The van der Waals surface area contributed by atoms with E-state index in [-0.39, 0.29) is 36.0 Å². The molecule has 2 rings (SSSR count). The Morgan fingerprint density at radius 3 is 2.35 bits per heavy atom. The molecule has 6 heteroatoms. The third-order valence-corrected chi connectivity index (χ3v) is 6.61. The Balaban J connectivity index is 2.48. The van der Waals surface area contributed by atoms with Crippen molar-refractivity contribution in [3.8, 4) is 0 Å². The lowest BCUT2D eigenvalue weighted by molar-refractivity contribution is -0.147. The molecule has 0 aromatic heterocycles. The van der Waals surface area contributed by atoms with Crippen molar-refractivity contribution in [2.24, 2.45) is 11.8 Å². The molecule has 5 unspecified atom stereocenters. The number of methoxy groups -OCH3 is 1. The maximum Gasteiger partial charge on any atom is 0.412 e. The summed E-state index contributed by atoms with van der Waals surface area (Å²) in [6.45, 7) is 13.6. The van der Waals surface area contributed by atoms with Crippen LogP contribution in [0.1, 0.15) is 73.3 Å². The second-order valence-corrected chi connectivity index (χ2v) is 10.3. The molecular weight excluding hydrogens is 430 g/mol. The van der Waals surface area contributed by atoms with Crippen LogP contribution in [0.4, 0.5) is 4.79 Å². The Hall–Kier alpha value is -2.34. The Morgan fingerprint density at radius 2 is 1.85 bits per heavy atom. The van der Waals surface area contributed by atoms with Crippen LogP contribution in [0.3, 0.4) is 0 Å². The van der Waals surface area contributed by atoms with E-state index in [1.807, 2.05) is 72.7 Å². The van der Waals surface area contributed by atoms with Crippen LogP contribution in [0, 0.1) is 11.8 Å². The summed E-state index contributed by atoms with van der Waals surface area (Å²) in [7, 11) is 1.43. The molecule has 1 fully saturated rings. The average molecular weight is 474 g/mol. The molecule has 0 N–H and O–H groups in total. The molecule has 0 spiro atoms. The van der Waals surface area contributed by atoms with Gasteiger partial charge < -0.3 is 14.2 Å². The highest BCUT2D eigenvalue weighted by Crippen LogP contribution is 2.41. The standard InChI is InChI=1S/C28H43NO5/c1-9-15-21(22(10-2)25(30)32-8)19-24-23(18-20-16-13-12-14-17-20)29(28(7,11-3)33-24)26(31)34-27(4,5)6/h9,12-17,21-24H,10-11,18-19H2,1-8H3/b15-9+. The molecule has 0 radical (unpaired) electrons. The zero-order chi connectivity index (χ0) is 25.5. The van der Waals surface area contributed by atoms with Gasteiger partial charge in [0.2, 0.25) is 0 Å². The summed E-state index contributed by atoms with van der Waals surface area (Å²) in [6, 6.07) is 9.90. The van der Waals surface area contributed by atoms with Crippen LogP contribution in [0.2, 0.25) is 0 Å². The first-order valence-electron chi connectivity index (χ1n) is 12.4. The predicted octanol–water partition coefficient (Wildman–Crippen LogP) is 6.14. The second kappa shape index (κ2) is 11.9. The van der Waals surface area contributed by atoms with Crippen molar-refractivity contribution in [1.29, 1.82) is 0 Å². The van der Waals surface area contributed by atoms with E-state index in [1.54, 1.807) is 4.90 Å². The molecule has 1 saturated heterocycles. The quantitative estimate of drug-likeness (QED) is 0.318. The number of carbonyl (C=O) groups excluding carboxylic acids is 2. The summed E-state index contributed by atoms with van der Waals surface area (Å²) in [5.74, 6) is -0.554. The van der Waals surface area contributed by atoms with Crippen molar-refractivity contribution in [2.45, 2.75) is 97.6 Å². The van der Waals surface area contributed by atoms with Gasteiger partial charge >= 0.3 is 12.1 Å². The smallest absolute Gasteiger partial charge is 0.412 e. The molecule has 0 aliphatic carbocycles. The van der Waals surface area contributed by atoms with Crippen molar-refractivity contribution in [2.75, 3.05) is 7.11 Å². The molecule has 1 heterocycles. The normalized spacial score (nSPS) is 24.8. The van der Waals surface area contributed by atoms with E-state index in [2.05, 4.69) is 18.2 Å². The molecule has 1 aliphatic rings. The summed E-state index contributed by atoms with van der Waals surface area (Å²) in [5.41, 5.74) is -0.301. The predicted molar refractivity (Wildman–Crippen MR) is 134 cm³/mol. The van der Waals surface area contributed by atoms with Crippen molar-refractivity contribution < 1.29 is 23.8 Å². The molecular formula is C28H43NO5. The lowest BCUT2D eigenvalue weighted by atomic mass is 9.83. The molecule has 1 aromatic rings. The summed E-state index contributed by atoms with van der Waals surface area (Å²) < 4.78 is 17.6. The van der Waals surface area contributed by atoms with E-state index in [4.69, 9.17) is 14.2 Å². The number of benzene rings is 1. The van der Waals surface area contributed by atoms with Gasteiger partial charge in [-0.1, -0.05) is 56.3 Å². The van der Waals surface area contributed by atoms with Gasteiger partial charge in [0.05, 0.1) is 25.2 Å². The first-order valence-corrected chi connectivity index (χ1v) is 12.4. The Morgan fingerprint density at radius 1 is 1.21 bits per heavy atom. The van der Waals surface area contributed by atoms with Crippen molar-refractivity contribution in [1.82, 2.24) is 4.90 Å². The third kappa shape index (κ3) is 6.84. The maximum absolute atomic E-state index is 13.5. The van der Waals surface area contributed by atoms with Crippen LogP contribution in [-0.4, -0.2) is 47.5 Å². The number of rotatable bonds is 9. The summed E-state index contributed by atoms with van der Waals surface area (Å²) >= 11 is 0. The lowest BCUT2D eigenvalue weighted by Crippen LogP contribution is -2.52. The van der Waals surface area contributed by atoms with Gasteiger partial charge in [-0.05, 0) is 71.8 Å². The monoisotopic (exact) mass is 473 g/mol. The van der Waals surface area contributed by atoms with Crippen molar-refractivity contribution in [3.63, 3.8) is 0 Å². The lowest BCUT2D eigenvalue weighted by Gasteiger charge is -2.37. The SMILES string of the molecule is C/C=C/C(CC1OC(C)(CC)N(C(=O)OC(C)(C)C)C1Cc1ccccc1)C(CC)C(=O)OC. The molecule has 0 bridgehead atoms. The van der Waals surface area contributed by atoms with E-state index in [0.717, 1.165) is 5.56 Å². The van der Waals surface area contributed by atoms with Crippen LogP contribution in [-0.2, 0) is 25.4 Å². The second-order valence-electron chi connectivity index (χ2n) is 10.3. The average Bonchev–Trinajstić information content (AvgIpc) is 3.05. The largest absolute Gasteiger partial charge is 0.469 e. The Bertz CT molecular complexity index is 831. The fourth-order valence-corrected chi connectivity index (χ4v) is 4.84. The number of carbonyl (C=O) groups is 2. The molecule has 1 aliphatic heterocycles. The van der Waals surface area contributed by atoms with E-state index in [9.17, 15) is 9.59 Å². The Labute approximate surface area is 205 Å². The number of allylic oxidation sites excluding steroid dienone is 2. The van der Waals surface area contributed by atoms with Gasteiger partial charge in [-0.3, -0.25) is 9.69 Å². The molecule has 0 saturated carbocycles. The fourth-order valence-electron chi connectivity index (χ4n) is 4.84. The van der Waals surface area contributed by atoms with Crippen LogP contribution >= 0.6 is 0 Å². The number of amides is 1. The first-order chi connectivity index (χ1) is 16.0. The highest BCUT2D eigenvalue weighted by Gasteiger charge is 2.53. The van der Waals surface area contributed by atoms with Gasteiger partial charge in [0.1, 0.15) is 11.3 Å². The molecule has 1 amide bonds. The highest BCUT2D eigenvalue weighted by atomic mass is 16.6. The van der Waals surface area contributed by atoms with Crippen molar-refractivity contribution >= 4 is 12.1 Å². The van der Waals surface area contributed by atoms with Gasteiger partial charge in [-0.25, -0.2) is 4.79 Å². The first kappa shape index (κ1) is 27.9. The molecule has 34 heavy (non-hydrogen) atoms. The van der Waals surface area contributed by atoms with Gasteiger partial charge in [0, 0.05) is 0 Å². The summed E-state index contributed by atoms with van der Waals surface area (Å²) in [4.78, 5) is 27.8. The van der Waals surface area contributed by atoms with E-state index in [1.165, 1.54) is 7.11 Å². The third-order valence-electron chi connectivity index (χ3n) is 6.61. The van der Waals surface area contributed by atoms with E-state index in [0.29, 0.717) is 25.7 Å². The maximum atomic E-state index is 13.5. The fraction of sp³-hybridized carbons (Fsp3) is 0.643. The van der Waals surface area contributed by atoms with Gasteiger partial charge in [0.25, 0.3) is 0 Å². The molecule has 1 aromatic carbocycles. The van der Waals surface area contributed by atoms with Crippen LogP contribution < -0.4 is 0 Å². The number of nitrogens with zero attached hydrogens (tertiary/aromatic N) is 1.